The number of para-hydroxylation sites is 2. The van der Waals surface area contributed by atoms with Crippen molar-refractivity contribution in [3.05, 3.63) is 83.9 Å². The minimum absolute atomic E-state index is 0.0156. The van der Waals surface area contributed by atoms with Crippen molar-refractivity contribution in [2.24, 2.45) is 0 Å². The summed E-state index contributed by atoms with van der Waals surface area (Å²) in [5.74, 6) is -1.21. The van der Waals surface area contributed by atoms with Gasteiger partial charge >= 0.3 is 0 Å². The van der Waals surface area contributed by atoms with Crippen LogP contribution in [0.3, 0.4) is 0 Å². The molecule has 2 N–H and O–H groups in total. The molecule has 0 saturated carbocycles. The molecule has 0 amide bonds. The lowest BCUT2D eigenvalue weighted by Gasteiger charge is -2.14. The van der Waals surface area contributed by atoms with E-state index in [2.05, 4.69) is 20.0 Å². The molecule has 3 aromatic carbocycles. The van der Waals surface area contributed by atoms with Crippen LogP contribution in [0.4, 0.5) is 17.3 Å². The number of rotatable bonds is 6. The summed E-state index contributed by atoms with van der Waals surface area (Å²) in [5, 5.41) is 14.1. The van der Waals surface area contributed by atoms with E-state index in [1.54, 1.807) is 42.5 Å². The Morgan fingerprint density at radius 1 is 0.871 bits per heavy atom. The summed E-state index contributed by atoms with van der Waals surface area (Å²) in [7, 11) is -3.93. The number of carboxylic acids is 1. The van der Waals surface area contributed by atoms with Gasteiger partial charge in [-0.2, -0.15) is 0 Å². The van der Waals surface area contributed by atoms with E-state index in [9.17, 15) is 18.3 Å². The third-order valence-electron chi connectivity index (χ3n) is 4.49. The number of hydrogen-bond donors (Lipinski definition) is 2. The van der Waals surface area contributed by atoms with Crippen molar-refractivity contribution >= 4 is 44.3 Å². The molecule has 0 aliphatic carbocycles. The molecule has 4 rings (SSSR count). The van der Waals surface area contributed by atoms with Crippen molar-refractivity contribution in [1.29, 1.82) is 0 Å². The highest BCUT2D eigenvalue weighted by molar-refractivity contribution is 7.92. The molecule has 0 spiro atoms. The van der Waals surface area contributed by atoms with E-state index in [-0.39, 0.29) is 22.1 Å². The molecule has 8 nitrogen and oxygen atoms in total. The summed E-state index contributed by atoms with van der Waals surface area (Å²) in [6, 6.07) is 19.3. The Balaban J connectivity index is 1.77. The predicted octanol–water partition coefficient (Wildman–Crippen LogP) is 2.85. The van der Waals surface area contributed by atoms with E-state index in [0.29, 0.717) is 16.7 Å². The number of sulfonamides is 1. The molecule has 0 unspecified atom stereocenters. The van der Waals surface area contributed by atoms with E-state index in [1.807, 2.05) is 6.92 Å². The number of fused-ring (bicyclic) bond motifs is 1. The molecule has 31 heavy (non-hydrogen) atoms. The Morgan fingerprint density at radius 3 is 2.16 bits per heavy atom. The molecule has 0 saturated heterocycles. The molecule has 0 bridgehead atoms. The third-order valence-corrected chi connectivity index (χ3v) is 5.85. The van der Waals surface area contributed by atoms with Gasteiger partial charge in [0.1, 0.15) is 0 Å². The summed E-state index contributed by atoms with van der Waals surface area (Å²) >= 11 is 0. The van der Waals surface area contributed by atoms with Crippen LogP contribution in [0.1, 0.15) is 15.9 Å². The van der Waals surface area contributed by atoms with Crippen LogP contribution in [0.5, 0.6) is 0 Å². The molecule has 0 fully saturated rings. The van der Waals surface area contributed by atoms with E-state index < -0.39 is 16.0 Å². The molecule has 0 radical (unpaired) electrons. The first kappa shape index (κ1) is 20.3. The van der Waals surface area contributed by atoms with Crippen molar-refractivity contribution in [1.82, 2.24) is 9.97 Å². The van der Waals surface area contributed by atoms with Gasteiger partial charge in [0.05, 0.1) is 21.9 Å². The topological polar surface area (TPSA) is 124 Å². The fraction of sp³-hybridized carbons (Fsp3) is 0.0455. The minimum atomic E-state index is -3.93. The molecule has 1 aromatic heterocycles. The number of aromatic carboxylic acids is 1. The summed E-state index contributed by atoms with van der Waals surface area (Å²) in [6.07, 6.45) is 0. The SMILES string of the molecule is Cc1ccc(S(=O)(=O)Nc2nc3ccccc3nc2Nc2cccc(C(=O)[O-])c2)cc1. The first-order valence-electron chi connectivity index (χ1n) is 9.26. The average molecular weight is 433 g/mol. The number of carbonyl (C=O) groups is 1. The van der Waals surface area contributed by atoms with E-state index >= 15 is 0 Å². The highest BCUT2D eigenvalue weighted by Gasteiger charge is 2.19. The monoisotopic (exact) mass is 433 g/mol. The lowest BCUT2D eigenvalue weighted by Crippen LogP contribution is -2.22. The van der Waals surface area contributed by atoms with Gasteiger partial charge in [-0.25, -0.2) is 18.4 Å². The van der Waals surface area contributed by atoms with Crippen LogP contribution in [0.2, 0.25) is 0 Å². The molecule has 0 atom stereocenters. The van der Waals surface area contributed by atoms with Crippen molar-refractivity contribution in [2.75, 3.05) is 10.0 Å². The lowest BCUT2D eigenvalue weighted by atomic mass is 10.2. The van der Waals surface area contributed by atoms with Crippen molar-refractivity contribution < 1.29 is 18.3 Å². The Morgan fingerprint density at radius 2 is 1.52 bits per heavy atom. The molecule has 156 valence electrons. The Labute approximate surface area is 178 Å². The second kappa shape index (κ2) is 8.04. The summed E-state index contributed by atoms with van der Waals surface area (Å²) in [4.78, 5) is 20.1. The maximum atomic E-state index is 12.9. The van der Waals surface area contributed by atoms with Gasteiger partial charge in [-0.3, -0.25) is 4.72 Å². The van der Waals surface area contributed by atoms with Gasteiger partial charge in [0.25, 0.3) is 10.0 Å². The van der Waals surface area contributed by atoms with Gasteiger partial charge in [0.15, 0.2) is 11.6 Å². The van der Waals surface area contributed by atoms with Crippen molar-refractivity contribution in [3.63, 3.8) is 0 Å². The zero-order chi connectivity index (χ0) is 22.0. The Hall–Kier alpha value is -3.98. The van der Waals surface area contributed by atoms with Crippen LogP contribution in [0, 0.1) is 6.92 Å². The van der Waals surface area contributed by atoms with Gasteiger partial charge < -0.3 is 15.2 Å². The fourth-order valence-electron chi connectivity index (χ4n) is 2.92. The fourth-order valence-corrected chi connectivity index (χ4v) is 3.93. The number of carbonyl (C=O) groups excluding carboxylic acids is 1. The quantitative estimate of drug-likeness (QED) is 0.479. The molecule has 4 aromatic rings. The number of carboxylic acid groups (broad SMARTS) is 1. The van der Waals surface area contributed by atoms with Gasteiger partial charge in [-0.1, -0.05) is 42.0 Å². The standard InChI is InChI=1S/C22H18N4O4S/c1-14-9-11-17(12-10-14)31(29,30)26-21-20(24-18-7-2-3-8-19(18)25-21)23-16-6-4-5-15(13-16)22(27)28/h2-13H,1H3,(H,23,24)(H,25,26)(H,27,28)/p-1. The Bertz CT molecular complexity index is 1390. The molecular weight excluding hydrogens is 416 g/mol. The van der Waals surface area contributed by atoms with Crippen LogP contribution >= 0.6 is 0 Å². The van der Waals surface area contributed by atoms with Crippen LogP contribution in [-0.4, -0.2) is 24.4 Å². The van der Waals surface area contributed by atoms with Crippen LogP contribution in [0.25, 0.3) is 11.0 Å². The van der Waals surface area contributed by atoms with E-state index in [1.165, 1.54) is 30.3 Å². The number of nitrogens with zero attached hydrogens (tertiary/aromatic N) is 2. The zero-order valence-corrected chi connectivity index (χ0v) is 17.2. The van der Waals surface area contributed by atoms with Gasteiger partial charge in [-0.15, -0.1) is 0 Å². The van der Waals surface area contributed by atoms with E-state index in [4.69, 9.17) is 0 Å². The number of anilines is 3. The number of nitrogens with one attached hydrogen (secondary N) is 2. The number of hydrogen-bond acceptors (Lipinski definition) is 7. The molecule has 0 aliphatic rings. The third kappa shape index (κ3) is 4.46. The zero-order valence-electron chi connectivity index (χ0n) is 16.4. The molecule has 0 aliphatic heterocycles. The normalized spacial score (nSPS) is 11.3. The second-order valence-electron chi connectivity index (χ2n) is 6.82. The largest absolute Gasteiger partial charge is 0.545 e. The highest BCUT2D eigenvalue weighted by Crippen LogP contribution is 2.27. The van der Waals surface area contributed by atoms with Gasteiger partial charge in [0.2, 0.25) is 0 Å². The van der Waals surface area contributed by atoms with Crippen LogP contribution < -0.4 is 15.1 Å². The van der Waals surface area contributed by atoms with Crippen molar-refractivity contribution in [3.8, 4) is 0 Å². The number of aromatic nitrogens is 2. The molecule has 9 heteroatoms. The first-order chi connectivity index (χ1) is 14.8. The number of aryl methyl sites for hydroxylation is 1. The molecule has 1 heterocycles. The maximum absolute atomic E-state index is 12.9. The summed E-state index contributed by atoms with van der Waals surface area (Å²) in [6.45, 7) is 1.86. The maximum Gasteiger partial charge on any atom is 0.263 e. The van der Waals surface area contributed by atoms with Crippen LogP contribution in [-0.2, 0) is 10.0 Å². The lowest BCUT2D eigenvalue weighted by molar-refractivity contribution is -0.255. The predicted molar refractivity (Wildman–Crippen MR) is 116 cm³/mol. The highest BCUT2D eigenvalue weighted by atomic mass is 32.2. The smallest absolute Gasteiger partial charge is 0.263 e. The van der Waals surface area contributed by atoms with Crippen molar-refractivity contribution in [2.45, 2.75) is 11.8 Å². The minimum Gasteiger partial charge on any atom is -0.545 e. The second-order valence-corrected chi connectivity index (χ2v) is 8.50. The number of benzene rings is 3. The van der Waals surface area contributed by atoms with E-state index in [0.717, 1.165) is 5.56 Å². The summed E-state index contributed by atoms with van der Waals surface area (Å²) < 4.78 is 28.3. The van der Waals surface area contributed by atoms with Gasteiger partial charge in [-0.05, 0) is 48.9 Å². The Kier molecular flexibility index (Phi) is 5.26. The van der Waals surface area contributed by atoms with Gasteiger partial charge in [0, 0.05) is 5.69 Å². The average Bonchev–Trinajstić information content (AvgIpc) is 2.74. The van der Waals surface area contributed by atoms with Crippen LogP contribution in [0.15, 0.2) is 77.7 Å². The molecular formula is C22H17N4O4S-. The first-order valence-corrected chi connectivity index (χ1v) is 10.7. The summed E-state index contributed by atoms with van der Waals surface area (Å²) in [5.41, 5.74) is 2.33.